The first-order valence-corrected chi connectivity index (χ1v) is 7.79. The number of oxime groups is 1. The zero-order chi connectivity index (χ0) is 15.5. The average molecular weight is 292 g/mol. The topological polar surface area (TPSA) is 34.1 Å². The van der Waals surface area contributed by atoms with Crippen LogP contribution in [0, 0.1) is 6.92 Å². The third-order valence-electron chi connectivity index (χ3n) is 3.24. The minimum absolute atomic E-state index is 0.628. The van der Waals surface area contributed by atoms with Crippen LogP contribution in [0.15, 0.2) is 29.4 Å². The Kier molecular flexibility index (Phi) is 8.71. The van der Waals surface area contributed by atoms with Crippen LogP contribution >= 0.6 is 0 Å². The average Bonchev–Trinajstić information content (AvgIpc) is 2.54. The van der Waals surface area contributed by atoms with E-state index in [0.29, 0.717) is 6.61 Å². The molecule has 0 amide bonds. The fraction of sp³-hybridized carbons (Fsp3) is 0.588. The third kappa shape index (κ3) is 6.74. The van der Waals surface area contributed by atoms with Crippen molar-refractivity contribution in [2.24, 2.45) is 5.16 Å². The Morgan fingerprint density at radius 2 is 2.00 bits per heavy atom. The van der Waals surface area contributed by atoms with E-state index in [4.69, 9.17) is 9.57 Å². The minimum Gasteiger partial charge on any atom is -0.394 e. The van der Waals surface area contributed by atoms with Crippen LogP contribution in [0.1, 0.15) is 31.9 Å². The summed E-state index contributed by atoms with van der Waals surface area (Å²) in [4.78, 5) is 7.73. The molecule has 118 valence electrons. The normalized spacial score (nSPS) is 16.1. The molecule has 0 N–H and O–H groups in total. The van der Waals surface area contributed by atoms with E-state index >= 15 is 0 Å². The van der Waals surface area contributed by atoms with Crippen molar-refractivity contribution >= 4 is 5.71 Å². The molecule has 1 aromatic rings. The maximum atomic E-state index is 5.40. The highest BCUT2D eigenvalue weighted by Crippen LogP contribution is 2.05. The summed E-state index contributed by atoms with van der Waals surface area (Å²) in [6.45, 7) is 13.2. The molecule has 1 aliphatic rings. The van der Waals surface area contributed by atoms with E-state index in [1.807, 2.05) is 26.8 Å². The lowest BCUT2D eigenvalue weighted by Gasteiger charge is -2.25. The van der Waals surface area contributed by atoms with Gasteiger partial charge >= 0.3 is 0 Å². The molecular formula is C17H28N2O2. The van der Waals surface area contributed by atoms with Crippen LogP contribution in [-0.2, 0) is 9.57 Å². The van der Waals surface area contributed by atoms with Crippen molar-refractivity contribution in [1.29, 1.82) is 0 Å². The van der Waals surface area contributed by atoms with Crippen LogP contribution in [0.3, 0.4) is 0 Å². The van der Waals surface area contributed by atoms with Crippen LogP contribution in [-0.4, -0.2) is 50.1 Å². The van der Waals surface area contributed by atoms with Crippen LogP contribution in [0.2, 0.25) is 0 Å². The molecule has 1 aliphatic heterocycles. The molecule has 0 spiro atoms. The Balaban J connectivity index is 0.00000106. The van der Waals surface area contributed by atoms with Gasteiger partial charge in [0.15, 0.2) is 0 Å². The van der Waals surface area contributed by atoms with Gasteiger partial charge in [-0.1, -0.05) is 48.8 Å². The summed E-state index contributed by atoms with van der Waals surface area (Å²) >= 11 is 0. The lowest BCUT2D eigenvalue weighted by atomic mass is 10.1. The summed E-state index contributed by atoms with van der Waals surface area (Å²) in [6, 6.07) is 8.29. The molecule has 0 radical (unpaired) electrons. The van der Waals surface area contributed by atoms with Crippen molar-refractivity contribution in [1.82, 2.24) is 4.90 Å². The van der Waals surface area contributed by atoms with Crippen LogP contribution in [0.5, 0.6) is 0 Å². The van der Waals surface area contributed by atoms with Crippen LogP contribution in [0.4, 0.5) is 0 Å². The maximum absolute atomic E-state index is 5.40. The van der Waals surface area contributed by atoms with Crippen LogP contribution < -0.4 is 0 Å². The highest BCUT2D eigenvalue weighted by atomic mass is 16.6. The third-order valence-corrected chi connectivity index (χ3v) is 3.24. The molecule has 0 aliphatic carbocycles. The quantitative estimate of drug-likeness (QED) is 0.475. The fourth-order valence-electron chi connectivity index (χ4n) is 2.06. The van der Waals surface area contributed by atoms with E-state index in [0.717, 1.165) is 44.1 Å². The molecule has 21 heavy (non-hydrogen) atoms. The molecular weight excluding hydrogens is 264 g/mol. The molecule has 0 bridgehead atoms. The number of hydrogen-bond acceptors (Lipinski definition) is 4. The van der Waals surface area contributed by atoms with Gasteiger partial charge in [0.2, 0.25) is 0 Å². The summed E-state index contributed by atoms with van der Waals surface area (Å²) in [5, 5.41) is 4.18. The fourth-order valence-corrected chi connectivity index (χ4v) is 2.06. The number of aryl methyl sites for hydroxylation is 1. The van der Waals surface area contributed by atoms with Crippen molar-refractivity contribution < 1.29 is 9.57 Å². The number of morpholine rings is 1. The SMILES string of the molecule is C/C(=N\OCCN1CCOCC1)c1cccc(C)c1.CC. The van der Waals surface area contributed by atoms with Crippen LogP contribution in [0.25, 0.3) is 0 Å². The van der Waals surface area contributed by atoms with Crippen molar-refractivity contribution in [3.8, 4) is 0 Å². The van der Waals surface area contributed by atoms with Gasteiger partial charge in [0.05, 0.1) is 18.9 Å². The molecule has 1 fully saturated rings. The molecule has 1 heterocycles. The second-order valence-corrected chi connectivity index (χ2v) is 4.83. The van der Waals surface area contributed by atoms with Crippen molar-refractivity contribution in [3.05, 3.63) is 35.4 Å². The second-order valence-electron chi connectivity index (χ2n) is 4.83. The number of hydrogen-bond donors (Lipinski definition) is 0. The summed E-state index contributed by atoms with van der Waals surface area (Å²) in [5.41, 5.74) is 3.28. The summed E-state index contributed by atoms with van der Waals surface area (Å²) in [6.07, 6.45) is 0. The van der Waals surface area contributed by atoms with E-state index in [1.165, 1.54) is 5.56 Å². The van der Waals surface area contributed by atoms with Gasteiger partial charge in [-0.2, -0.15) is 0 Å². The van der Waals surface area contributed by atoms with Crippen molar-refractivity contribution in [2.45, 2.75) is 27.7 Å². The first-order chi connectivity index (χ1) is 10.3. The standard InChI is InChI=1S/C15H22N2O2.C2H6/c1-13-4-3-5-15(12-13)14(2)16-19-11-8-17-6-9-18-10-7-17;1-2/h3-5,12H,6-11H2,1-2H3;1-2H3/b16-14+;. The molecule has 1 aromatic carbocycles. The van der Waals surface area contributed by atoms with Gasteiger partial charge in [-0.25, -0.2) is 0 Å². The monoisotopic (exact) mass is 292 g/mol. The van der Waals surface area contributed by atoms with Gasteiger partial charge in [0.1, 0.15) is 6.61 Å². The Morgan fingerprint density at radius 1 is 1.29 bits per heavy atom. The zero-order valence-electron chi connectivity index (χ0n) is 13.8. The van der Waals surface area contributed by atoms with Crippen molar-refractivity contribution in [2.75, 3.05) is 39.5 Å². The largest absolute Gasteiger partial charge is 0.394 e. The smallest absolute Gasteiger partial charge is 0.129 e. The van der Waals surface area contributed by atoms with Gasteiger partial charge < -0.3 is 9.57 Å². The van der Waals surface area contributed by atoms with Gasteiger partial charge in [0, 0.05) is 19.6 Å². The Labute approximate surface area is 128 Å². The highest BCUT2D eigenvalue weighted by molar-refractivity contribution is 5.98. The first kappa shape index (κ1) is 17.7. The number of rotatable bonds is 5. The zero-order valence-corrected chi connectivity index (χ0v) is 13.8. The van der Waals surface area contributed by atoms with Gasteiger partial charge in [-0.05, 0) is 19.4 Å². The van der Waals surface area contributed by atoms with Gasteiger partial charge in [0.25, 0.3) is 0 Å². The predicted octanol–water partition coefficient (Wildman–Crippen LogP) is 3.09. The number of benzene rings is 1. The Morgan fingerprint density at radius 3 is 2.67 bits per heavy atom. The number of ether oxygens (including phenoxy) is 1. The molecule has 0 aromatic heterocycles. The Bertz CT molecular complexity index is 427. The first-order valence-electron chi connectivity index (χ1n) is 7.79. The van der Waals surface area contributed by atoms with E-state index in [9.17, 15) is 0 Å². The molecule has 0 unspecified atom stereocenters. The molecule has 0 saturated carbocycles. The number of nitrogens with zero attached hydrogens (tertiary/aromatic N) is 2. The molecule has 4 heteroatoms. The van der Waals surface area contributed by atoms with E-state index in [1.54, 1.807) is 0 Å². The molecule has 1 saturated heterocycles. The van der Waals surface area contributed by atoms with Gasteiger partial charge in [-0.3, -0.25) is 4.90 Å². The van der Waals surface area contributed by atoms with E-state index in [2.05, 4.69) is 35.2 Å². The molecule has 0 atom stereocenters. The second kappa shape index (κ2) is 10.4. The highest BCUT2D eigenvalue weighted by Gasteiger charge is 2.09. The van der Waals surface area contributed by atoms with Gasteiger partial charge in [-0.15, -0.1) is 0 Å². The Hall–Kier alpha value is -1.39. The minimum atomic E-state index is 0.628. The van der Waals surface area contributed by atoms with Crippen molar-refractivity contribution in [3.63, 3.8) is 0 Å². The summed E-state index contributed by atoms with van der Waals surface area (Å²) in [5.74, 6) is 0. The van der Waals surface area contributed by atoms with E-state index < -0.39 is 0 Å². The maximum Gasteiger partial charge on any atom is 0.129 e. The van der Waals surface area contributed by atoms with E-state index in [-0.39, 0.29) is 0 Å². The summed E-state index contributed by atoms with van der Waals surface area (Å²) < 4.78 is 5.30. The lowest BCUT2D eigenvalue weighted by Crippen LogP contribution is -2.38. The lowest BCUT2D eigenvalue weighted by molar-refractivity contribution is 0.0212. The molecule has 4 nitrogen and oxygen atoms in total. The summed E-state index contributed by atoms with van der Waals surface area (Å²) in [7, 11) is 0. The predicted molar refractivity (Wildman–Crippen MR) is 87.9 cm³/mol. The molecule has 2 rings (SSSR count).